The fourth-order valence-corrected chi connectivity index (χ4v) is 1.45. The molecule has 0 rings (SSSR count). The van der Waals surface area contributed by atoms with Crippen molar-refractivity contribution in [2.45, 2.75) is 47.4 Å². The highest BCUT2D eigenvalue weighted by Crippen LogP contribution is 2.63. The standard InChI is InChI=1S/C10H6F16O2/c11-3(12,1-27)5(15,16)7(19,20)9(23,24)10(25,26)8(21,22)6(17,18)4(13,14)2-28/h27-28H,1-2H2. The van der Waals surface area contributed by atoms with E-state index in [9.17, 15) is 70.2 Å². The number of hydrogen-bond donors (Lipinski definition) is 2. The highest BCUT2D eigenvalue weighted by Gasteiger charge is 2.94. The Morgan fingerprint density at radius 3 is 0.607 bits per heavy atom. The molecule has 0 aliphatic carbocycles. The van der Waals surface area contributed by atoms with Crippen molar-refractivity contribution in [3.05, 3.63) is 0 Å². The van der Waals surface area contributed by atoms with Gasteiger partial charge in [-0.2, -0.15) is 70.2 Å². The zero-order valence-corrected chi connectivity index (χ0v) is 12.4. The highest BCUT2D eigenvalue weighted by molar-refractivity contribution is 5.15. The molecular formula is C10H6F16O2. The summed E-state index contributed by atoms with van der Waals surface area (Å²) in [6, 6.07) is 0. The van der Waals surface area contributed by atoms with Crippen molar-refractivity contribution < 1.29 is 80.5 Å². The molecule has 0 spiro atoms. The van der Waals surface area contributed by atoms with Crippen molar-refractivity contribution in [1.29, 1.82) is 0 Å². The van der Waals surface area contributed by atoms with Crippen molar-refractivity contribution >= 4 is 0 Å². The molecule has 2 N–H and O–H groups in total. The maximum atomic E-state index is 13.1. The summed E-state index contributed by atoms with van der Waals surface area (Å²) in [5.41, 5.74) is 0. The van der Waals surface area contributed by atoms with Crippen molar-refractivity contribution in [3.8, 4) is 0 Å². The SMILES string of the molecule is OCC(F)(F)C(F)(F)C(F)(F)C(F)(F)C(F)(F)C(F)(F)C(F)(F)C(F)(F)CO. The Balaban J connectivity index is 6.69. The summed E-state index contributed by atoms with van der Waals surface area (Å²) < 4.78 is 207. The Morgan fingerprint density at radius 1 is 0.321 bits per heavy atom. The van der Waals surface area contributed by atoms with E-state index < -0.39 is 60.6 Å². The Kier molecular flexibility index (Phi) is 6.38. The van der Waals surface area contributed by atoms with Gasteiger partial charge in [0.15, 0.2) is 0 Å². The van der Waals surface area contributed by atoms with E-state index in [1.54, 1.807) is 0 Å². The van der Waals surface area contributed by atoms with Gasteiger partial charge in [0.2, 0.25) is 0 Å². The number of aliphatic hydroxyl groups is 2. The van der Waals surface area contributed by atoms with Gasteiger partial charge in [0.25, 0.3) is 0 Å². The van der Waals surface area contributed by atoms with Crippen LogP contribution in [-0.2, 0) is 0 Å². The van der Waals surface area contributed by atoms with Gasteiger partial charge in [-0.1, -0.05) is 0 Å². The normalized spacial score (nSPS) is 16.5. The van der Waals surface area contributed by atoms with E-state index in [1.165, 1.54) is 0 Å². The second-order valence-electron chi connectivity index (χ2n) is 5.17. The Bertz CT molecular complexity index is 518. The van der Waals surface area contributed by atoms with E-state index in [2.05, 4.69) is 0 Å². The largest absolute Gasteiger partial charge is 0.390 e. The van der Waals surface area contributed by atoms with Crippen LogP contribution in [0.3, 0.4) is 0 Å². The minimum Gasteiger partial charge on any atom is -0.390 e. The summed E-state index contributed by atoms with van der Waals surface area (Å²) >= 11 is 0. The maximum Gasteiger partial charge on any atom is 0.385 e. The fraction of sp³-hybridized carbons (Fsp3) is 1.00. The van der Waals surface area contributed by atoms with Gasteiger partial charge in [-0.25, -0.2) is 0 Å². The monoisotopic (exact) mass is 462 g/mol. The quantitative estimate of drug-likeness (QED) is 0.508. The molecule has 0 aliphatic rings. The molecule has 0 fully saturated rings. The van der Waals surface area contributed by atoms with Crippen molar-refractivity contribution in [3.63, 3.8) is 0 Å². The van der Waals surface area contributed by atoms with Gasteiger partial charge >= 0.3 is 47.4 Å². The molecule has 0 aliphatic heterocycles. The van der Waals surface area contributed by atoms with Gasteiger partial charge in [0.1, 0.15) is 13.2 Å². The van der Waals surface area contributed by atoms with E-state index in [0.717, 1.165) is 0 Å². The number of hydrogen-bond acceptors (Lipinski definition) is 2. The molecule has 0 heterocycles. The molecular weight excluding hydrogens is 456 g/mol. The third-order valence-electron chi connectivity index (χ3n) is 3.29. The summed E-state index contributed by atoms with van der Waals surface area (Å²) in [5.74, 6) is -62.5. The molecule has 0 atom stereocenters. The molecule has 0 aromatic carbocycles. The van der Waals surface area contributed by atoms with Gasteiger partial charge < -0.3 is 10.2 Å². The summed E-state index contributed by atoms with van der Waals surface area (Å²) in [4.78, 5) is 0. The zero-order chi connectivity index (χ0) is 23.4. The molecule has 2 nitrogen and oxygen atoms in total. The van der Waals surface area contributed by atoms with Crippen LogP contribution in [0.25, 0.3) is 0 Å². The highest BCUT2D eigenvalue weighted by atomic mass is 19.4. The van der Waals surface area contributed by atoms with Crippen LogP contribution in [0, 0.1) is 0 Å². The van der Waals surface area contributed by atoms with E-state index in [-0.39, 0.29) is 0 Å². The zero-order valence-electron chi connectivity index (χ0n) is 12.4. The molecule has 0 unspecified atom stereocenters. The topological polar surface area (TPSA) is 40.5 Å². The molecule has 0 saturated carbocycles. The van der Waals surface area contributed by atoms with Crippen LogP contribution in [-0.4, -0.2) is 70.8 Å². The van der Waals surface area contributed by atoms with E-state index in [1.807, 2.05) is 0 Å². The number of halogens is 16. The van der Waals surface area contributed by atoms with Gasteiger partial charge in [-0.3, -0.25) is 0 Å². The van der Waals surface area contributed by atoms with E-state index in [0.29, 0.717) is 0 Å². The summed E-state index contributed by atoms with van der Waals surface area (Å²) in [5, 5.41) is 15.6. The Labute approximate surface area is 142 Å². The van der Waals surface area contributed by atoms with Gasteiger partial charge in [-0.05, 0) is 0 Å². The van der Waals surface area contributed by atoms with Crippen LogP contribution in [0.15, 0.2) is 0 Å². The van der Waals surface area contributed by atoms with Crippen molar-refractivity contribution in [2.24, 2.45) is 0 Å². The minimum atomic E-state index is -8.51. The first kappa shape index (κ1) is 26.8. The average molecular weight is 462 g/mol. The average Bonchev–Trinajstić information content (AvgIpc) is 2.53. The molecule has 18 heteroatoms. The third-order valence-corrected chi connectivity index (χ3v) is 3.29. The van der Waals surface area contributed by atoms with Crippen LogP contribution in [0.5, 0.6) is 0 Å². The summed E-state index contributed by atoms with van der Waals surface area (Å²) in [7, 11) is 0. The number of rotatable bonds is 9. The lowest BCUT2D eigenvalue weighted by Gasteiger charge is -2.43. The number of aliphatic hydroxyl groups excluding tert-OH is 2. The van der Waals surface area contributed by atoms with Gasteiger partial charge in [0, 0.05) is 0 Å². The maximum absolute atomic E-state index is 13.1. The molecule has 0 radical (unpaired) electrons. The lowest BCUT2D eigenvalue weighted by molar-refractivity contribution is -0.454. The smallest absolute Gasteiger partial charge is 0.385 e. The molecule has 0 bridgehead atoms. The van der Waals surface area contributed by atoms with Crippen LogP contribution in [0.2, 0.25) is 0 Å². The molecule has 0 aromatic heterocycles. The predicted molar refractivity (Wildman–Crippen MR) is 53.7 cm³/mol. The van der Waals surface area contributed by atoms with Crippen molar-refractivity contribution in [1.82, 2.24) is 0 Å². The molecule has 0 saturated heterocycles. The van der Waals surface area contributed by atoms with Crippen molar-refractivity contribution in [2.75, 3.05) is 13.2 Å². The summed E-state index contributed by atoms with van der Waals surface area (Å²) in [6.07, 6.45) is 0. The minimum absolute atomic E-state index is 3.42. The van der Waals surface area contributed by atoms with Crippen LogP contribution < -0.4 is 0 Å². The first-order valence-corrected chi connectivity index (χ1v) is 6.11. The molecule has 0 aromatic rings. The Morgan fingerprint density at radius 2 is 0.464 bits per heavy atom. The second-order valence-corrected chi connectivity index (χ2v) is 5.17. The van der Waals surface area contributed by atoms with Gasteiger partial charge in [0.05, 0.1) is 0 Å². The lowest BCUT2D eigenvalue weighted by atomic mass is 9.88. The second kappa shape index (κ2) is 6.66. The van der Waals surface area contributed by atoms with E-state index >= 15 is 0 Å². The Hall–Kier alpha value is -1.20. The summed E-state index contributed by atoms with van der Waals surface area (Å²) in [6.45, 7) is -6.85. The lowest BCUT2D eigenvalue weighted by Crippen LogP contribution is -2.75. The van der Waals surface area contributed by atoms with Gasteiger partial charge in [-0.15, -0.1) is 0 Å². The molecule has 170 valence electrons. The fourth-order valence-electron chi connectivity index (χ4n) is 1.45. The van der Waals surface area contributed by atoms with Crippen LogP contribution in [0.4, 0.5) is 70.2 Å². The first-order chi connectivity index (χ1) is 11.9. The third kappa shape index (κ3) is 3.06. The predicted octanol–water partition coefficient (Wildman–Crippen LogP) is 4.05. The van der Waals surface area contributed by atoms with Crippen LogP contribution in [0.1, 0.15) is 0 Å². The van der Waals surface area contributed by atoms with E-state index in [4.69, 9.17) is 10.2 Å². The van der Waals surface area contributed by atoms with Crippen LogP contribution >= 0.6 is 0 Å². The molecule has 0 amide bonds. The first-order valence-electron chi connectivity index (χ1n) is 6.11. The number of alkyl halides is 16. The molecule has 28 heavy (non-hydrogen) atoms.